The van der Waals surface area contributed by atoms with Crippen molar-refractivity contribution in [3.63, 3.8) is 0 Å². The van der Waals surface area contributed by atoms with Gasteiger partial charge in [-0.05, 0) is 12.8 Å². The molecule has 1 aromatic heterocycles. The van der Waals surface area contributed by atoms with Crippen LogP contribution in [0.25, 0.3) is 0 Å². The van der Waals surface area contributed by atoms with Gasteiger partial charge in [0.15, 0.2) is 5.60 Å². The molecule has 3 rings (SSSR count). The lowest BCUT2D eigenvalue weighted by Gasteiger charge is -2.23. The van der Waals surface area contributed by atoms with Crippen LogP contribution < -0.4 is 14.2 Å². The Morgan fingerprint density at radius 2 is 1.95 bits per heavy atom. The molecule has 0 radical (unpaired) electrons. The first-order valence-corrected chi connectivity index (χ1v) is 6.98. The Labute approximate surface area is 127 Å². The number of ether oxygens (including phenoxy) is 4. The second-order valence-electron chi connectivity index (χ2n) is 5.88. The Balaban J connectivity index is 1.82. The number of hydrogen-bond donors (Lipinski definition) is 1. The maximum atomic E-state index is 11.0. The minimum atomic E-state index is -1.29. The van der Waals surface area contributed by atoms with Gasteiger partial charge in [-0.2, -0.15) is 9.97 Å². The average molecular weight is 310 g/mol. The van der Waals surface area contributed by atoms with E-state index >= 15 is 0 Å². The van der Waals surface area contributed by atoms with Crippen LogP contribution in [0.15, 0.2) is 6.07 Å². The standard InChI is InChI=1S/C14H18N2O6/c1-13-5-4-8(14(13,7-13)22-12(17)18)21-11-15-9(19-2)6-10(16-11)20-3/h6,8H,4-5,7H2,1-3H3,(H,17,18). The predicted molar refractivity (Wildman–Crippen MR) is 73.4 cm³/mol. The average Bonchev–Trinajstić information content (AvgIpc) is 2.98. The van der Waals surface area contributed by atoms with Crippen LogP contribution >= 0.6 is 0 Å². The molecule has 1 heterocycles. The first kappa shape index (κ1) is 14.7. The van der Waals surface area contributed by atoms with Gasteiger partial charge in [0, 0.05) is 11.8 Å². The molecule has 0 aromatic carbocycles. The molecule has 0 spiro atoms. The summed E-state index contributed by atoms with van der Waals surface area (Å²) in [6.07, 6.45) is 0.477. The van der Waals surface area contributed by atoms with Crippen LogP contribution in [0.2, 0.25) is 0 Å². The molecule has 0 saturated heterocycles. The molecule has 2 aliphatic carbocycles. The lowest BCUT2D eigenvalue weighted by Crippen LogP contribution is -2.37. The van der Waals surface area contributed by atoms with E-state index in [-0.39, 0.29) is 11.4 Å². The maximum Gasteiger partial charge on any atom is 0.506 e. The Hall–Kier alpha value is -2.25. The Morgan fingerprint density at radius 3 is 2.45 bits per heavy atom. The fraction of sp³-hybridized carbons (Fsp3) is 0.643. The molecular formula is C14H18N2O6. The maximum absolute atomic E-state index is 11.0. The van der Waals surface area contributed by atoms with Gasteiger partial charge in [0.2, 0.25) is 11.8 Å². The van der Waals surface area contributed by atoms with E-state index in [0.717, 1.165) is 6.42 Å². The van der Waals surface area contributed by atoms with Crippen molar-refractivity contribution in [1.29, 1.82) is 0 Å². The summed E-state index contributed by atoms with van der Waals surface area (Å²) in [4.78, 5) is 19.2. The van der Waals surface area contributed by atoms with E-state index in [9.17, 15) is 4.79 Å². The van der Waals surface area contributed by atoms with Crippen LogP contribution in [0.1, 0.15) is 26.2 Å². The normalized spacial score (nSPS) is 32.0. The lowest BCUT2D eigenvalue weighted by molar-refractivity contribution is -0.0291. The molecule has 8 nitrogen and oxygen atoms in total. The Bertz CT molecular complexity index is 587. The zero-order valence-electron chi connectivity index (χ0n) is 12.7. The molecule has 3 unspecified atom stereocenters. The van der Waals surface area contributed by atoms with Crippen LogP contribution in [-0.4, -0.2) is 47.2 Å². The summed E-state index contributed by atoms with van der Waals surface area (Å²) >= 11 is 0. The molecule has 3 atom stereocenters. The van der Waals surface area contributed by atoms with E-state index in [2.05, 4.69) is 9.97 Å². The fourth-order valence-corrected chi connectivity index (χ4v) is 3.33. The molecule has 22 heavy (non-hydrogen) atoms. The molecule has 1 aromatic rings. The van der Waals surface area contributed by atoms with Gasteiger partial charge in [0.05, 0.1) is 20.3 Å². The van der Waals surface area contributed by atoms with Gasteiger partial charge in [0.1, 0.15) is 6.10 Å². The highest BCUT2D eigenvalue weighted by Crippen LogP contribution is 2.69. The molecule has 2 saturated carbocycles. The molecule has 2 aliphatic rings. The predicted octanol–water partition coefficient (Wildman–Crippen LogP) is 1.88. The highest BCUT2D eigenvalue weighted by Gasteiger charge is 2.76. The first-order valence-electron chi connectivity index (χ1n) is 6.98. The minimum absolute atomic E-state index is 0.0886. The summed E-state index contributed by atoms with van der Waals surface area (Å²) in [5.74, 6) is 0.623. The SMILES string of the molecule is COc1cc(OC)nc(OC2CCC3(C)CC23OC(=O)O)n1. The van der Waals surface area contributed by atoms with E-state index in [1.165, 1.54) is 20.3 Å². The fourth-order valence-electron chi connectivity index (χ4n) is 3.33. The van der Waals surface area contributed by atoms with Crippen molar-refractivity contribution in [2.75, 3.05) is 14.2 Å². The Morgan fingerprint density at radius 1 is 1.32 bits per heavy atom. The van der Waals surface area contributed by atoms with Crippen molar-refractivity contribution < 1.29 is 28.8 Å². The van der Waals surface area contributed by atoms with Crippen molar-refractivity contribution in [3.05, 3.63) is 6.07 Å². The molecule has 120 valence electrons. The minimum Gasteiger partial charge on any atom is -0.481 e. The van der Waals surface area contributed by atoms with E-state index < -0.39 is 17.9 Å². The van der Waals surface area contributed by atoms with Gasteiger partial charge in [-0.3, -0.25) is 0 Å². The summed E-state index contributed by atoms with van der Waals surface area (Å²) in [6.45, 7) is 2.01. The third-order valence-corrected chi connectivity index (χ3v) is 4.62. The third-order valence-electron chi connectivity index (χ3n) is 4.62. The number of methoxy groups -OCH3 is 2. The lowest BCUT2D eigenvalue weighted by atomic mass is 10.1. The second kappa shape index (κ2) is 4.89. The number of carboxylic acid groups (broad SMARTS) is 1. The summed E-state index contributed by atoms with van der Waals surface area (Å²) in [5.41, 5.74) is -0.975. The largest absolute Gasteiger partial charge is 0.506 e. The second-order valence-corrected chi connectivity index (χ2v) is 5.88. The van der Waals surface area contributed by atoms with Crippen LogP contribution in [0, 0.1) is 5.41 Å². The number of rotatable bonds is 5. The van der Waals surface area contributed by atoms with E-state index in [4.69, 9.17) is 24.1 Å². The highest BCUT2D eigenvalue weighted by molar-refractivity contribution is 5.59. The van der Waals surface area contributed by atoms with Gasteiger partial charge in [-0.15, -0.1) is 0 Å². The molecule has 0 amide bonds. The van der Waals surface area contributed by atoms with Crippen molar-refractivity contribution in [1.82, 2.24) is 9.97 Å². The van der Waals surface area contributed by atoms with Gasteiger partial charge in [-0.1, -0.05) is 6.92 Å². The van der Waals surface area contributed by atoms with Gasteiger partial charge in [0.25, 0.3) is 0 Å². The number of aromatic nitrogens is 2. The third kappa shape index (κ3) is 2.18. The summed E-state index contributed by atoms with van der Waals surface area (Å²) in [6, 6.07) is 1.62. The van der Waals surface area contributed by atoms with Crippen molar-refractivity contribution >= 4 is 6.16 Å². The topological polar surface area (TPSA) is 100 Å². The summed E-state index contributed by atoms with van der Waals surface area (Å²) in [5, 5.41) is 8.98. The molecule has 1 N–H and O–H groups in total. The van der Waals surface area contributed by atoms with Gasteiger partial charge in [-0.25, -0.2) is 4.79 Å². The van der Waals surface area contributed by atoms with E-state index in [1.54, 1.807) is 0 Å². The first-order chi connectivity index (χ1) is 10.4. The Kier molecular flexibility index (Phi) is 3.26. The molecule has 2 fully saturated rings. The highest BCUT2D eigenvalue weighted by atomic mass is 16.7. The molecule has 0 bridgehead atoms. The van der Waals surface area contributed by atoms with Crippen LogP contribution in [0.3, 0.4) is 0 Å². The van der Waals surface area contributed by atoms with E-state index in [0.29, 0.717) is 24.6 Å². The number of fused-ring (bicyclic) bond motifs is 1. The van der Waals surface area contributed by atoms with Crippen molar-refractivity contribution in [2.45, 2.75) is 37.9 Å². The summed E-state index contributed by atoms with van der Waals surface area (Å²) < 4.78 is 21.1. The molecular weight excluding hydrogens is 292 g/mol. The van der Waals surface area contributed by atoms with E-state index in [1.807, 2.05) is 6.92 Å². The summed E-state index contributed by atoms with van der Waals surface area (Å²) in [7, 11) is 2.96. The number of carbonyl (C=O) groups is 1. The monoisotopic (exact) mass is 310 g/mol. The quantitative estimate of drug-likeness (QED) is 0.823. The van der Waals surface area contributed by atoms with Crippen LogP contribution in [-0.2, 0) is 4.74 Å². The van der Waals surface area contributed by atoms with Crippen molar-refractivity contribution in [2.24, 2.45) is 5.41 Å². The van der Waals surface area contributed by atoms with Crippen LogP contribution in [0.4, 0.5) is 4.79 Å². The molecule has 0 aliphatic heterocycles. The van der Waals surface area contributed by atoms with Crippen LogP contribution in [0.5, 0.6) is 17.8 Å². The zero-order chi connectivity index (χ0) is 16.0. The smallest absolute Gasteiger partial charge is 0.481 e. The number of nitrogens with zero attached hydrogens (tertiary/aromatic N) is 2. The molecule has 8 heteroatoms. The van der Waals surface area contributed by atoms with Gasteiger partial charge >= 0.3 is 12.2 Å². The van der Waals surface area contributed by atoms with Crippen molar-refractivity contribution in [3.8, 4) is 17.8 Å². The van der Waals surface area contributed by atoms with Gasteiger partial charge < -0.3 is 24.1 Å². The number of hydrogen-bond acceptors (Lipinski definition) is 7. The zero-order valence-corrected chi connectivity index (χ0v) is 12.7.